The Bertz CT molecular complexity index is 437. The number of hydrogen-bond donors (Lipinski definition) is 1. The van der Waals surface area contributed by atoms with Crippen LogP contribution in [-0.2, 0) is 9.53 Å². The van der Waals surface area contributed by atoms with Gasteiger partial charge in [-0.05, 0) is 19.3 Å². The third kappa shape index (κ3) is 2.80. The van der Waals surface area contributed by atoms with E-state index in [2.05, 4.69) is 4.98 Å². The average molecular weight is 281 g/mol. The summed E-state index contributed by atoms with van der Waals surface area (Å²) in [6.45, 7) is 1.90. The monoisotopic (exact) mass is 281 g/mol. The highest BCUT2D eigenvalue weighted by Gasteiger charge is 2.34. The molecule has 1 aromatic heterocycles. The van der Waals surface area contributed by atoms with Gasteiger partial charge in [-0.1, -0.05) is 0 Å². The maximum atomic E-state index is 12.5. The van der Waals surface area contributed by atoms with Gasteiger partial charge in [0.05, 0.1) is 13.2 Å². The number of morpholine rings is 1. The van der Waals surface area contributed by atoms with E-state index in [1.54, 1.807) is 17.5 Å². The van der Waals surface area contributed by atoms with Crippen LogP contribution < -0.4 is 5.73 Å². The highest BCUT2D eigenvalue weighted by atomic mass is 32.1. The molecule has 0 unspecified atom stereocenters. The van der Waals surface area contributed by atoms with E-state index in [4.69, 9.17) is 10.5 Å². The molecule has 1 saturated heterocycles. The third-order valence-corrected chi connectivity index (χ3v) is 4.80. The summed E-state index contributed by atoms with van der Waals surface area (Å²) in [5.41, 5.74) is 5.89. The van der Waals surface area contributed by atoms with Crippen molar-refractivity contribution in [3.8, 4) is 0 Å². The first-order chi connectivity index (χ1) is 9.24. The molecule has 6 heteroatoms. The van der Waals surface area contributed by atoms with Gasteiger partial charge in [0.25, 0.3) is 0 Å². The van der Waals surface area contributed by atoms with Gasteiger partial charge in [0, 0.05) is 30.1 Å². The zero-order valence-electron chi connectivity index (χ0n) is 10.8. The minimum atomic E-state index is -0.0622. The minimum Gasteiger partial charge on any atom is -0.367 e. The lowest BCUT2D eigenvalue weighted by molar-refractivity contribution is -0.143. The molecule has 104 valence electrons. The number of nitrogens with two attached hydrogens (primary N) is 1. The molecule has 2 N–H and O–H groups in total. The summed E-state index contributed by atoms with van der Waals surface area (Å²) >= 11 is 1.58. The summed E-state index contributed by atoms with van der Waals surface area (Å²) < 4.78 is 5.72. The number of amides is 1. The van der Waals surface area contributed by atoms with Crippen LogP contribution in [0.5, 0.6) is 0 Å². The smallest absolute Gasteiger partial charge is 0.225 e. The number of aromatic nitrogens is 1. The average Bonchev–Trinajstić information content (AvgIpc) is 3.09. The second-order valence-corrected chi connectivity index (χ2v) is 6.21. The van der Waals surface area contributed by atoms with Crippen LogP contribution in [0.2, 0.25) is 0 Å². The lowest BCUT2D eigenvalue weighted by Crippen LogP contribution is -2.44. The van der Waals surface area contributed by atoms with Gasteiger partial charge in [0.1, 0.15) is 11.1 Å². The molecule has 1 aliphatic heterocycles. The summed E-state index contributed by atoms with van der Waals surface area (Å²) in [5.74, 6) is 0.364. The molecule has 0 spiro atoms. The lowest BCUT2D eigenvalue weighted by atomic mass is 10.1. The minimum absolute atomic E-state index is 0.0622. The Labute approximate surface area is 116 Å². The van der Waals surface area contributed by atoms with Crippen molar-refractivity contribution in [1.29, 1.82) is 0 Å². The zero-order chi connectivity index (χ0) is 13.2. The van der Waals surface area contributed by atoms with Crippen molar-refractivity contribution in [2.75, 3.05) is 19.7 Å². The molecule has 1 aromatic rings. The first-order valence-electron chi connectivity index (χ1n) is 6.79. The molecule has 2 fully saturated rings. The summed E-state index contributed by atoms with van der Waals surface area (Å²) in [5, 5.41) is 2.90. The van der Waals surface area contributed by atoms with E-state index in [0.29, 0.717) is 19.7 Å². The molecular weight excluding hydrogens is 262 g/mol. The standard InChI is InChI=1S/C13H19N3O2S/c14-10-2-1-9(7-10)13(17)16-4-5-18-11(8-16)12-15-3-6-19-12/h3,6,9-11H,1-2,4-5,7-8,14H2/t9-,10-,11+/m1/s1. The second kappa shape index (κ2) is 5.56. The Hall–Kier alpha value is -0.980. The van der Waals surface area contributed by atoms with Gasteiger partial charge in [-0.15, -0.1) is 11.3 Å². The van der Waals surface area contributed by atoms with Gasteiger partial charge >= 0.3 is 0 Å². The van der Waals surface area contributed by atoms with E-state index in [-0.39, 0.29) is 24.0 Å². The predicted molar refractivity (Wildman–Crippen MR) is 72.7 cm³/mol. The second-order valence-electron chi connectivity index (χ2n) is 5.28. The van der Waals surface area contributed by atoms with Crippen molar-refractivity contribution in [3.63, 3.8) is 0 Å². The SMILES string of the molecule is N[C@@H]1CC[C@@H](C(=O)N2CCO[C@H](c3nccs3)C2)C1. The Morgan fingerprint density at radius 3 is 3.11 bits per heavy atom. The maximum absolute atomic E-state index is 12.5. The van der Waals surface area contributed by atoms with Crippen LogP contribution in [0.1, 0.15) is 30.4 Å². The predicted octanol–water partition coefficient (Wildman–Crippen LogP) is 1.17. The molecule has 0 aromatic carbocycles. The first-order valence-corrected chi connectivity index (χ1v) is 7.67. The van der Waals surface area contributed by atoms with Crippen LogP contribution in [-0.4, -0.2) is 41.5 Å². The lowest BCUT2D eigenvalue weighted by Gasteiger charge is -2.33. The molecule has 0 bridgehead atoms. The molecule has 1 saturated carbocycles. The van der Waals surface area contributed by atoms with Crippen LogP contribution in [0.25, 0.3) is 0 Å². The van der Waals surface area contributed by atoms with Crippen molar-refractivity contribution in [1.82, 2.24) is 9.88 Å². The maximum Gasteiger partial charge on any atom is 0.225 e. The molecule has 3 atom stereocenters. The summed E-state index contributed by atoms with van der Waals surface area (Å²) in [6.07, 6.45) is 4.45. The number of thiazole rings is 1. The van der Waals surface area contributed by atoms with E-state index >= 15 is 0 Å². The van der Waals surface area contributed by atoms with Crippen LogP contribution in [0, 0.1) is 5.92 Å². The molecule has 1 amide bonds. The number of carbonyl (C=O) groups is 1. The fourth-order valence-electron chi connectivity index (χ4n) is 2.89. The highest BCUT2D eigenvalue weighted by molar-refractivity contribution is 7.09. The van der Waals surface area contributed by atoms with Gasteiger partial charge in [0.2, 0.25) is 5.91 Å². The van der Waals surface area contributed by atoms with Crippen molar-refractivity contribution in [2.45, 2.75) is 31.4 Å². The Balaban J connectivity index is 1.63. The number of carbonyl (C=O) groups excluding carboxylic acids is 1. The zero-order valence-corrected chi connectivity index (χ0v) is 11.6. The van der Waals surface area contributed by atoms with Gasteiger partial charge in [0.15, 0.2) is 0 Å². The third-order valence-electron chi connectivity index (χ3n) is 3.93. The summed E-state index contributed by atoms with van der Waals surface area (Å²) in [7, 11) is 0. The van der Waals surface area contributed by atoms with Gasteiger partial charge in [-0.3, -0.25) is 4.79 Å². The topological polar surface area (TPSA) is 68.5 Å². The van der Waals surface area contributed by atoms with E-state index in [0.717, 1.165) is 24.3 Å². The van der Waals surface area contributed by atoms with Crippen molar-refractivity contribution >= 4 is 17.2 Å². The highest BCUT2D eigenvalue weighted by Crippen LogP contribution is 2.29. The molecule has 0 radical (unpaired) electrons. The number of nitrogens with zero attached hydrogens (tertiary/aromatic N) is 2. The molecule has 5 nitrogen and oxygen atoms in total. The molecule has 3 rings (SSSR count). The van der Waals surface area contributed by atoms with Crippen molar-refractivity contribution in [3.05, 3.63) is 16.6 Å². The largest absolute Gasteiger partial charge is 0.367 e. The van der Waals surface area contributed by atoms with Gasteiger partial charge in [-0.25, -0.2) is 4.98 Å². The summed E-state index contributed by atoms with van der Waals surface area (Å²) in [4.78, 5) is 18.7. The molecule has 1 aliphatic carbocycles. The first kappa shape index (κ1) is 13.0. The van der Waals surface area contributed by atoms with E-state index in [1.165, 1.54) is 0 Å². The molecular formula is C13H19N3O2S. The van der Waals surface area contributed by atoms with Crippen LogP contribution in [0.4, 0.5) is 0 Å². The number of ether oxygens (including phenoxy) is 1. The number of rotatable bonds is 2. The fraction of sp³-hybridized carbons (Fsp3) is 0.692. The molecule has 2 heterocycles. The molecule has 19 heavy (non-hydrogen) atoms. The van der Waals surface area contributed by atoms with E-state index in [1.807, 2.05) is 10.3 Å². The Kier molecular flexibility index (Phi) is 3.81. The van der Waals surface area contributed by atoms with Crippen LogP contribution in [0.3, 0.4) is 0 Å². The van der Waals surface area contributed by atoms with Crippen molar-refractivity contribution in [2.24, 2.45) is 11.7 Å². The van der Waals surface area contributed by atoms with E-state index < -0.39 is 0 Å². The summed E-state index contributed by atoms with van der Waals surface area (Å²) in [6, 6.07) is 0.199. The normalized spacial score (nSPS) is 31.6. The van der Waals surface area contributed by atoms with Crippen LogP contribution >= 0.6 is 11.3 Å². The number of hydrogen-bond acceptors (Lipinski definition) is 5. The van der Waals surface area contributed by atoms with Crippen LogP contribution in [0.15, 0.2) is 11.6 Å². The van der Waals surface area contributed by atoms with Gasteiger partial charge in [-0.2, -0.15) is 0 Å². The molecule has 2 aliphatic rings. The Morgan fingerprint density at radius 1 is 1.53 bits per heavy atom. The fourth-order valence-corrected chi connectivity index (χ4v) is 3.57. The van der Waals surface area contributed by atoms with Gasteiger partial charge < -0.3 is 15.4 Å². The Morgan fingerprint density at radius 2 is 2.42 bits per heavy atom. The van der Waals surface area contributed by atoms with E-state index in [9.17, 15) is 4.79 Å². The quantitative estimate of drug-likeness (QED) is 0.883. The van der Waals surface area contributed by atoms with Crippen molar-refractivity contribution < 1.29 is 9.53 Å².